The van der Waals surface area contributed by atoms with Crippen LogP contribution in [-0.2, 0) is 10.3 Å². The maximum atomic E-state index is 13.0. The minimum absolute atomic E-state index is 0.0379. The Balaban J connectivity index is 1.41. The molecular weight excluding hydrogens is 406 g/mol. The molecule has 2 aliphatic rings. The van der Waals surface area contributed by atoms with Crippen molar-refractivity contribution < 1.29 is 9.53 Å². The number of amides is 1. The van der Waals surface area contributed by atoms with Crippen LogP contribution in [0, 0.1) is 0 Å². The van der Waals surface area contributed by atoms with Crippen LogP contribution in [0.4, 0.5) is 5.69 Å². The first-order valence-corrected chi connectivity index (χ1v) is 11.0. The van der Waals surface area contributed by atoms with E-state index in [2.05, 4.69) is 25.8 Å². The second-order valence-electron chi connectivity index (χ2n) is 8.19. The highest BCUT2D eigenvalue weighted by molar-refractivity contribution is 5.95. The molecule has 0 saturated carbocycles. The number of rotatable bonds is 5. The van der Waals surface area contributed by atoms with Crippen molar-refractivity contribution in [2.24, 2.45) is 0 Å². The molecule has 166 valence electrons. The van der Waals surface area contributed by atoms with Gasteiger partial charge in [-0.1, -0.05) is 6.07 Å². The van der Waals surface area contributed by atoms with Gasteiger partial charge in [0.05, 0.1) is 18.8 Å². The first kappa shape index (κ1) is 20.6. The number of nitrogens with zero attached hydrogens (tertiary/aromatic N) is 4. The molecule has 2 aliphatic heterocycles. The first-order chi connectivity index (χ1) is 15.7. The molecule has 1 aromatic carbocycles. The monoisotopic (exact) mass is 433 g/mol. The maximum absolute atomic E-state index is 13.0. The number of piperidine rings is 1. The summed E-state index contributed by atoms with van der Waals surface area (Å²) in [5.74, 6) is 1.49. The zero-order valence-electron chi connectivity index (χ0n) is 17.9. The molecule has 0 radical (unpaired) electrons. The molecule has 5 rings (SSSR count). The molecular formula is C23H27N7O2. The van der Waals surface area contributed by atoms with Crippen LogP contribution in [0.5, 0.6) is 0 Å². The molecule has 2 fully saturated rings. The summed E-state index contributed by atoms with van der Waals surface area (Å²) >= 11 is 0. The summed E-state index contributed by atoms with van der Waals surface area (Å²) in [5, 5.41) is 14.7. The molecule has 0 unspecified atom stereocenters. The highest BCUT2D eigenvalue weighted by atomic mass is 16.5. The summed E-state index contributed by atoms with van der Waals surface area (Å²) in [5.41, 5.74) is 2.10. The van der Waals surface area contributed by atoms with E-state index >= 15 is 0 Å². The van der Waals surface area contributed by atoms with Crippen molar-refractivity contribution in [2.75, 3.05) is 44.7 Å². The third-order valence-electron chi connectivity index (χ3n) is 6.13. The van der Waals surface area contributed by atoms with E-state index in [0.717, 1.165) is 43.0 Å². The SMILES string of the molecule is O=C(c1cccc(NC2(c3nc(-c4ccncc4)n[nH]3)CCNCC2)c1)N1CCOCC1. The maximum Gasteiger partial charge on any atom is 0.254 e. The van der Waals surface area contributed by atoms with Crippen LogP contribution in [-0.4, -0.2) is 70.4 Å². The number of H-pyrrole nitrogens is 1. The van der Waals surface area contributed by atoms with Crippen molar-refractivity contribution >= 4 is 11.6 Å². The fourth-order valence-corrected chi connectivity index (χ4v) is 4.34. The van der Waals surface area contributed by atoms with Crippen molar-refractivity contribution in [1.82, 2.24) is 30.4 Å². The Morgan fingerprint density at radius 3 is 2.66 bits per heavy atom. The Labute approximate surface area is 186 Å². The quantitative estimate of drug-likeness (QED) is 0.565. The van der Waals surface area contributed by atoms with Crippen LogP contribution in [0.2, 0.25) is 0 Å². The number of hydrogen-bond donors (Lipinski definition) is 3. The van der Waals surface area contributed by atoms with Crippen LogP contribution >= 0.6 is 0 Å². The van der Waals surface area contributed by atoms with Gasteiger partial charge in [0.2, 0.25) is 0 Å². The van der Waals surface area contributed by atoms with Gasteiger partial charge in [-0.15, -0.1) is 0 Å². The van der Waals surface area contributed by atoms with Crippen molar-refractivity contribution in [3.8, 4) is 11.4 Å². The Morgan fingerprint density at radius 1 is 1.09 bits per heavy atom. The number of aromatic nitrogens is 4. The highest BCUT2D eigenvalue weighted by Gasteiger charge is 2.37. The van der Waals surface area contributed by atoms with E-state index in [4.69, 9.17) is 9.72 Å². The number of hydrogen-bond acceptors (Lipinski definition) is 7. The van der Waals surface area contributed by atoms with Gasteiger partial charge in [0.1, 0.15) is 0 Å². The van der Waals surface area contributed by atoms with Crippen molar-refractivity contribution in [1.29, 1.82) is 0 Å². The van der Waals surface area contributed by atoms with Gasteiger partial charge in [-0.05, 0) is 56.3 Å². The second-order valence-corrected chi connectivity index (χ2v) is 8.19. The lowest BCUT2D eigenvalue weighted by molar-refractivity contribution is 0.0303. The number of ether oxygens (including phenoxy) is 1. The fraction of sp³-hybridized carbons (Fsp3) is 0.391. The van der Waals surface area contributed by atoms with Crippen LogP contribution < -0.4 is 10.6 Å². The van der Waals surface area contributed by atoms with Gasteiger partial charge in [0.15, 0.2) is 11.6 Å². The number of carbonyl (C=O) groups excluding carboxylic acids is 1. The van der Waals surface area contributed by atoms with Gasteiger partial charge < -0.3 is 20.3 Å². The molecule has 4 heterocycles. The van der Waals surface area contributed by atoms with E-state index in [9.17, 15) is 4.79 Å². The molecule has 32 heavy (non-hydrogen) atoms. The Bertz CT molecular complexity index is 1060. The second kappa shape index (κ2) is 9.05. The standard InChI is InChI=1S/C23H27N7O2/c31-21(30-12-14-32-15-13-30)18-2-1-3-19(16-18)27-23(6-10-25-11-7-23)22-26-20(28-29-22)17-4-8-24-9-5-17/h1-5,8-9,16,25,27H,6-7,10-15H2,(H,26,28,29). The Morgan fingerprint density at radius 2 is 1.88 bits per heavy atom. The van der Waals surface area contributed by atoms with Gasteiger partial charge in [0.25, 0.3) is 5.91 Å². The first-order valence-electron chi connectivity index (χ1n) is 11.0. The predicted octanol–water partition coefficient (Wildman–Crippen LogP) is 2.03. The molecule has 2 saturated heterocycles. The van der Waals surface area contributed by atoms with Crippen molar-refractivity contribution in [3.05, 3.63) is 60.2 Å². The smallest absolute Gasteiger partial charge is 0.254 e. The molecule has 3 aromatic rings. The molecule has 0 atom stereocenters. The number of nitrogens with one attached hydrogen (secondary N) is 3. The number of carbonyl (C=O) groups is 1. The summed E-state index contributed by atoms with van der Waals surface area (Å²) in [6.45, 7) is 4.16. The normalized spacial score (nSPS) is 18.3. The molecule has 2 aromatic heterocycles. The summed E-state index contributed by atoms with van der Waals surface area (Å²) < 4.78 is 5.37. The van der Waals surface area contributed by atoms with Crippen molar-refractivity contribution in [3.63, 3.8) is 0 Å². The Hall–Kier alpha value is -3.30. The summed E-state index contributed by atoms with van der Waals surface area (Å²) in [6, 6.07) is 11.5. The molecule has 0 bridgehead atoms. The van der Waals surface area contributed by atoms with E-state index in [1.54, 1.807) is 12.4 Å². The van der Waals surface area contributed by atoms with Crippen LogP contribution in [0.25, 0.3) is 11.4 Å². The average molecular weight is 434 g/mol. The predicted molar refractivity (Wildman–Crippen MR) is 120 cm³/mol. The van der Waals surface area contributed by atoms with E-state index in [0.29, 0.717) is 37.7 Å². The minimum Gasteiger partial charge on any atom is -0.378 e. The third-order valence-corrected chi connectivity index (χ3v) is 6.13. The number of benzene rings is 1. The van der Waals surface area contributed by atoms with Gasteiger partial charge in [-0.3, -0.25) is 14.9 Å². The number of pyridine rings is 1. The molecule has 9 nitrogen and oxygen atoms in total. The summed E-state index contributed by atoms with van der Waals surface area (Å²) in [4.78, 5) is 23.7. The molecule has 1 amide bonds. The van der Waals surface area contributed by atoms with E-state index in [1.807, 2.05) is 41.3 Å². The van der Waals surface area contributed by atoms with Gasteiger partial charge in [-0.2, -0.15) is 5.10 Å². The lowest BCUT2D eigenvalue weighted by Crippen LogP contribution is -2.46. The lowest BCUT2D eigenvalue weighted by atomic mass is 9.87. The topological polar surface area (TPSA) is 108 Å². The summed E-state index contributed by atoms with van der Waals surface area (Å²) in [7, 11) is 0. The number of aromatic amines is 1. The van der Waals surface area contributed by atoms with Gasteiger partial charge >= 0.3 is 0 Å². The largest absolute Gasteiger partial charge is 0.378 e. The molecule has 0 aliphatic carbocycles. The van der Waals surface area contributed by atoms with E-state index in [-0.39, 0.29) is 5.91 Å². The molecule has 9 heteroatoms. The van der Waals surface area contributed by atoms with Crippen LogP contribution in [0.3, 0.4) is 0 Å². The van der Waals surface area contributed by atoms with Crippen LogP contribution in [0.15, 0.2) is 48.8 Å². The highest BCUT2D eigenvalue weighted by Crippen LogP contribution is 2.34. The third kappa shape index (κ3) is 4.21. The zero-order valence-corrected chi connectivity index (χ0v) is 17.9. The van der Waals surface area contributed by atoms with Crippen LogP contribution in [0.1, 0.15) is 29.0 Å². The number of morpholine rings is 1. The average Bonchev–Trinajstić information content (AvgIpc) is 3.37. The molecule has 0 spiro atoms. The fourth-order valence-electron chi connectivity index (χ4n) is 4.34. The number of anilines is 1. The van der Waals surface area contributed by atoms with Crippen molar-refractivity contribution in [2.45, 2.75) is 18.4 Å². The van der Waals surface area contributed by atoms with E-state index < -0.39 is 5.54 Å². The van der Waals surface area contributed by atoms with Gasteiger partial charge in [0, 0.05) is 42.3 Å². The zero-order chi connectivity index (χ0) is 21.8. The van der Waals surface area contributed by atoms with Gasteiger partial charge in [-0.25, -0.2) is 4.98 Å². The Kier molecular flexibility index (Phi) is 5.83. The summed E-state index contributed by atoms with van der Waals surface area (Å²) in [6.07, 6.45) is 5.17. The molecule has 3 N–H and O–H groups in total. The lowest BCUT2D eigenvalue weighted by Gasteiger charge is -2.37. The minimum atomic E-state index is -0.399. The van der Waals surface area contributed by atoms with E-state index in [1.165, 1.54) is 0 Å².